The van der Waals surface area contributed by atoms with Crippen molar-refractivity contribution in [3.05, 3.63) is 26.3 Å². The number of aryl methyl sites for hydroxylation is 1. The molecule has 4 nitrogen and oxygen atoms in total. The van der Waals surface area contributed by atoms with Crippen molar-refractivity contribution in [2.24, 2.45) is 13.0 Å². The summed E-state index contributed by atoms with van der Waals surface area (Å²) in [6.07, 6.45) is 2.68. The van der Waals surface area contributed by atoms with Crippen LogP contribution in [0, 0.1) is 16.4 Å². The average molecular weight is 391 g/mol. The number of nitrogens with zero attached hydrogens (tertiary/aromatic N) is 4. The zero-order valence-electron chi connectivity index (χ0n) is 11.4. The van der Waals surface area contributed by atoms with Crippen LogP contribution in [0.25, 0.3) is 11.4 Å². The van der Waals surface area contributed by atoms with E-state index in [1.165, 1.54) is 0 Å². The largest absolute Gasteiger partial charge is 0.272 e. The van der Waals surface area contributed by atoms with E-state index in [4.69, 9.17) is 11.6 Å². The van der Waals surface area contributed by atoms with Gasteiger partial charge in [0.15, 0.2) is 5.82 Å². The Kier molecular flexibility index (Phi) is 4.45. The second-order valence-corrected chi connectivity index (χ2v) is 6.40. The summed E-state index contributed by atoms with van der Waals surface area (Å²) in [5.41, 5.74) is 2.98. The maximum atomic E-state index is 6.23. The number of aromatic nitrogens is 4. The highest BCUT2D eigenvalue weighted by atomic mass is 127. The molecule has 0 aliphatic rings. The Morgan fingerprint density at radius 1 is 1.37 bits per heavy atom. The van der Waals surface area contributed by atoms with Crippen LogP contribution in [0.4, 0.5) is 0 Å². The molecule has 2 heterocycles. The number of hydrogen-bond donors (Lipinski definition) is 0. The van der Waals surface area contributed by atoms with Crippen molar-refractivity contribution in [2.75, 3.05) is 0 Å². The lowest BCUT2D eigenvalue weighted by atomic mass is 10.1. The van der Waals surface area contributed by atoms with E-state index < -0.39 is 0 Å². The second-order valence-electron chi connectivity index (χ2n) is 4.96. The van der Waals surface area contributed by atoms with E-state index in [0.29, 0.717) is 16.9 Å². The van der Waals surface area contributed by atoms with Crippen LogP contribution in [0.3, 0.4) is 0 Å². The van der Waals surface area contributed by atoms with Crippen LogP contribution in [0.15, 0.2) is 6.20 Å². The molecule has 102 valence electrons. The zero-order chi connectivity index (χ0) is 14.2. The van der Waals surface area contributed by atoms with Crippen LogP contribution < -0.4 is 0 Å². The smallest absolute Gasteiger partial charge is 0.164 e. The quantitative estimate of drug-likeness (QED) is 0.593. The summed E-state index contributed by atoms with van der Waals surface area (Å²) in [6.45, 7) is 6.34. The van der Waals surface area contributed by atoms with E-state index in [2.05, 4.69) is 51.5 Å². The lowest BCUT2D eigenvalue weighted by Gasteiger charge is -2.10. The number of halogens is 2. The molecule has 0 amide bonds. The summed E-state index contributed by atoms with van der Waals surface area (Å²) in [5, 5.41) is 4.75. The maximum absolute atomic E-state index is 6.23. The van der Waals surface area contributed by atoms with Crippen molar-refractivity contribution in [3.8, 4) is 11.4 Å². The average Bonchev–Trinajstić information content (AvgIpc) is 2.65. The monoisotopic (exact) mass is 390 g/mol. The topological polar surface area (TPSA) is 43.6 Å². The van der Waals surface area contributed by atoms with Gasteiger partial charge >= 0.3 is 0 Å². The van der Waals surface area contributed by atoms with Gasteiger partial charge in [0.2, 0.25) is 0 Å². The highest BCUT2D eigenvalue weighted by Gasteiger charge is 2.16. The van der Waals surface area contributed by atoms with E-state index in [1.807, 2.05) is 18.7 Å². The minimum absolute atomic E-state index is 0.518. The van der Waals surface area contributed by atoms with Gasteiger partial charge in [0.05, 0.1) is 21.0 Å². The Bertz CT molecular complexity index is 607. The first-order valence-corrected chi connectivity index (χ1v) is 7.56. The van der Waals surface area contributed by atoms with Crippen molar-refractivity contribution >= 4 is 34.2 Å². The summed E-state index contributed by atoms with van der Waals surface area (Å²) >= 11 is 8.44. The predicted molar refractivity (Wildman–Crippen MR) is 85.2 cm³/mol. The molecule has 2 aromatic heterocycles. The van der Waals surface area contributed by atoms with Crippen LogP contribution in [-0.4, -0.2) is 19.7 Å². The molecule has 19 heavy (non-hydrogen) atoms. The third-order valence-electron chi connectivity index (χ3n) is 2.96. The van der Waals surface area contributed by atoms with Crippen LogP contribution in [0.1, 0.15) is 25.2 Å². The molecular weight excluding hydrogens is 375 g/mol. The lowest BCUT2D eigenvalue weighted by molar-refractivity contribution is 0.632. The Balaban J connectivity index is 2.53. The molecule has 0 bridgehead atoms. The molecule has 0 aliphatic carbocycles. The first kappa shape index (κ1) is 14.7. The van der Waals surface area contributed by atoms with E-state index in [-0.39, 0.29) is 0 Å². The highest BCUT2D eigenvalue weighted by Crippen LogP contribution is 2.26. The molecule has 0 fully saturated rings. The summed E-state index contributed by atoms with van der Waals surface area (Å²) in [6, 6.07) is 0. The third-order valence-corrected chi connectivity index (χ3v) is 4.68. The normalized spacial score (nSPS) is 11.3. The first-order valence-electron chi connectivity index (χ1n) is 6.11. The van der Waals surface area contributed by atoms with Crippen molar-refractivity contribution in [1.29, 1.82) is 0 Å². The maximum Gasteiger partial charge on any atom is 0.164 e. The highest BCUT2D eigenvalue weighted by molar-refractivity contribution is 14.1. The number of rotatable bonds is 3. The molecule has 0 saturated carbocycles. The summed E-state index contributed by atoms with van der Waals surface area (Å²) in [7, 11) is 1.90. The van der Waals surface area contributed by atoms with Gasteiger partial charge in [-0.3, -0.25) is 4.68 Å². The SMILES string of the molecule is Cc1c(-c2nc(Cl)c(I)c(CC(C)C)n2)cnn1C. The molecule has 0 aliphatic heterocycles. The van der Waals surface area contributed by atoms with E-state index in [1.54, 1.807) is 6.20 Å². The summed E-state index contributed by atoms with van der Waals surface area (Å²) < 4.78 is 2.76. The summed E-state index contributed by atoms with van der Waals surface area (Å²) in [4.78, 5) is 9.04. The van der Waals surface area contributed by atoms with Crippen molar-refractivity contribution < 1.29 is 0 Å². The fourth-order valence-electron chi connectivity index (χ4n) is 1.82. The van der Waals surface area contributed by atoms with Crippen LogP contribution in [0.5, 0.6) is 0 Å². The van der Waals surface area contributed by atoms with E-state index in [9.17, 15) is 0 Å². The van der Waals surface area contributed by atoms with Crippen LogP contribution in [0.2, 0.25) is 5.15 Å². The molecule has 2 aromatic rings. The molecule has 0 saturated heterocycles. The summed E-state index contributed by atoms with van der Waals surface area (Å²) in [5.74, 6) is 1.19. The third kappa shape index (κ3) is 3.08. The van der Waals surface area contributed by atoms with Crippen molar-refractivity contribution in [1.82, 2.24) is 19.7 Å². The zero-order valence-corrected chi connectivity index (χ0v) is 14.3. The standard InChI is InChI=1S/C13H16ClIN4/c1-7(2)5-10-11(15)12(14)18-13(17-10)9-6-16-19(4)8(9)3/h6-7H,5H2,1-4H3. The molecular formula is C13H16ClIN4. The van der Waals surface area contributed by atoms with E-state index >= 15 is 0 Å². The Morgan fingerprint density at radius 3 is 2.58 bits per heavy atom. The Morgan fingerprint density at radius 2 is 2.05 bits per heavy atom. The Hall–Kier alpha value is -0.690. The van der Waals surface area contributed by atoms with Gasteiger partial charge in [-0.25, -0.2) is 9.97 Å². The van der Waals surface area contributed by atoms with Gasteiger partial charge in [0.1, 0.15) is 5.15 Å². The van der Waals surface area contributed by atoms with Crippen molar-refractivity contribution in [2.45, 2.75) is 27.2 Å². The van der Waals surface area contributed by atoms with Gasteiger partial charge in [0, 0.05) is 12.7 Å². The molecule has 2 rings (SSSR count). The van der Waals surface area contributed by atoms with Crippen LogP contribution in [-0.2, 0) is 13.5 Å². The van der Waals surface area contributed by atoms with Crippen LogP contribution >= 0.6 is 34.2 Å². The Labute approximate surface area is 131 Å². The molecule has 0 spiro atoms. The van der Waals surface area contributed by atoms with Gasteiger partial charge in [-0.05, 0) is 41.9 Å². The molecule has 6 heteroatoms. The first-order chi connectivity index (χ1) is 8.90. The van der Waals surface area contributed by atoms with Gasteiger partial charge in [0.25, 0.3) is 0 Å². The fourth-order valence-corrected chi connectivity index (χ4v) is 2.47. The van der Waals surface area contributed by atoms with Gasteiger partial charge in [-0.2, -0.15) is 5.10 Å². The molecule has 0 aromatic carbocycles. The second kappa shape index (κ2) is 5.75. The molecule has 0 atom stereocenters. The van der Waals surface area contributed by atoms with Crippen molar-refractivity contribution in [3.63, 3.8) is 0 Å². The van der Waals surface area contributed by atoms with Gasteiger partial charge in [-0.1, -0.05) is 25.4 Å². The minimum Gasteiger partial charge on any atom is -0.272 e. The van der Waals surface area contributed by atoms with E-state index in [0.717, 1.165) is 26.9 Å². The molecule has 0 unspecified atom stereocenters. The minimum atomic E-state index is 0.518. The number of hydrogen-bond acceptors (Lipinski definition) is 3. The lowest BCUT2D eigenvalue weighted by Crippen LogP contribution is -2.05. The van der Waals surface area contributed by atoms with Gasteiger partial charge in [-0.15, -0.1) is 0 Å². The molecule has 0 radical (unpaired) electrons. The predicted octanol–water partition coefficient (Wildman–Crippen LogP) is 3.64. The van der Waals surface area contributed by atoms with Gasteiger partial charge < -0.3 is 0 Å². The fraction of sp³-hybridized carbons (Fsp3) is 0.462. The molecule has 0 N–H and O–H groups in total.